The van der Waals surface area contributed by atoms with Crippen LogP contribution in [-0.4, -0.2) is 23.9 Å². The molecule has 0 spiro atoms. The average Bonchev–Trinajstić information content (AvgIpc) is 2.24. The molecule has 0 aliphatic heterocycles. The van der Waals surface area contributed by atoms with E-state index in [9.17, 15) is 18.0 Å². The number of aryl methyl sites for hydroxylation is 1. The van der Waals surface area contributed by atoms with Crippen molar-refractivity contribution in [1.82, 2.24) is 0 Å². The van der Waals surface area contributed by atoms with Gasteiger partial charge in [-0.2, -0.15) is 13.2 Å². The number of carboxylic acid groups (broad SMARTS) is 1. The molecule has 0 atom stereocenters. The second-order valence-electron chi connectivity index (χ2n) is 3.82. The third kappa shape index (κ3) is 4.27. The molecule has 6 heteroatoms. The lowest BCUT2D eigenvalue weighted by atomic mass is 10.1. The highest BCUT2D eigenvalue weighted by Gasteiger charge is 2.26. The Labute approximate surface area is 102 Å². The number of aromatic carboxylic acids is 1. The number of carbonyl (C=O) groups is 1. The van der Waals surface area contributed by atoms with Gasteiger partial charge in [0.2, 0.25) is 0 Å². The molecule has 0 fully saturated rings. The Balaban J connectivity index is 2.64. The van der Waals surface area contributed by atoms with Gasteiger partial charge in [0, 0.05) is 6.42 Å². The van der Waals surface area contributed by atoms with E-state index in [2.05, 4.69) is 0 Å². The number of para-hydroxylation sites is 1. The van der Waals surface area contributed by atoms with Crippen LogP contribution >= 0.6 is 0 Å². The Hall–Kier alpha value is -1.72. The molecule has 1 N–H and O–H groups in total. The van der Waals surface area contributed by atoms with Crippen LogP contribution in [0.5, 0.6) is 5.75 Å². The normalized spacial score (nSPS) is 11.3. The van der Waals surface area contributed by atoms with Crippen LogP contribution in [0.15, 0.2) is 18.2 Å². The van der Waals surface area contributed by atoms with Crippen molar-refractivity contribution in [1.29, 1.82) is 0 Å². The van der Waals surface area contributed by atoms with Gasteiger partial charge in [-0.3, -0.25) is 0 Å². The summed E-state index contributed by atoms with van der Waals surface area (Å²) in [6.45, 7) is 1.48. The van der Waals surface area contributed by atoms with Crippen molar-refractivity contribution in [3.8, 4) is 5.75 Å². The first-order valence-electron chi connectivity index (χ1n) is 5.34. The zero-order valence-electron chi connectivity index (χ0n) is 9.75. The van der Waals surface area contributed by atoms with Crippen molar-refractivity contribution in [2.45, 2.75) is 25.9 Å². The number of hydrogen-bond acceptors (Lipinski definition) is 2. The molecule has 0 saturated heterocycles. The minimum Gasteiger partial charge on any atom is -0.492 e. The smallest absolute Gasteiger partial charge is 0.389 e. The van der Waals surface area contributed by atoms with E-state index in [1.54, 1.807) is 19.1 Å². The lowest BCUT2D eigenvalue weighted by Gasteiger charge is -2.12. The number of alkyl halides is 3. The van der Waals surface area contributed by atoms with Crippen LogP contribution in [0.3, 0.4) is 0 Å². The molecule has 1 aromatic carbocycles. The van der Waals surface area contributed by atoms with E-state index in [1.807, 2.05) is 0 Å². The maximum Gasteiger partial charge on any atom is 0.389 e. The fourth-order valence-electron chi connectivity index (χ4n) is 1.46. The highest BCUT2D eigenvalue weighted by Crippen LogP contribution is 2.25. The second-order valence-corrected chi connectivity index (χ2v) is 3.82. The number of hydrogen-bond donors (Lipinski definition) is 1. The van der Waals surface area contributed by atoms with Crippen molar-refractivity contribution in [3.63, 3.8) is 0 Å². The Morgan fingerprint density at radius 2 is 2.06 bits per heavy atom. The van der Waals surface area contributed by atoms with Crippen molar-refractivity contribution in [2.24, 2.45) is 0 Å². The molecule has 0 radical (unpaired) electrons. The van der Waals surface area contributed by atoms with Crippen molar-refractivity contribution in [2.75, 3.05) is 6.61 Å². The zero-order chi connectivity index (χ0) is 13.8. The van der Waals surface area contributed by atoms with Gasteiger partial charge in [-0.25, -0.2) is 4.79 Å². The summed E-state index contributed by atoms with van der Waals surface area (Å²) in [5, 5.41) is 8.92. The molecule has 1 rings (SSSR count). The minimum absolute atomic E-state index is 0.0398. The van der Waals surface area contributed by atoms with Gasteiger partial charge >= 0.3 is 12.1 Å². The number of benzene rings is 1. The third-order valence-electron chi connectivity index (χ3n) is 2.29. The molecular formula is C12H13F3O3. The van der Waals surface area contributed by atoms with Crippen LogP contribution in [0.4, 0.5) is 13.2 Å². The van der Waals surface area contributed by atoms with Crippen LogP contribution in [-0.2, 0) is 0 Å². The quantitative estimate of drug-likeness (QED) is 0.827. The van der Waals surface area contributed by atoms with Crippen molar-refractivity contribution in [3.05, 3.63) is 29.3 Å². The average molecular weight is 262 g/mol. The number of carboxylic acids is 1. The van der Waals surface area contributed by atoms with E-state index in [-0.39, 0.29) is 24.3 Å². The molecule has 0 bridgehead atoms. The van der Waals surface area contributed by atoms with Gasteiger partial charge in [0.15, 0.2) is 0 Å². The van der Waals surface area contributed by atoms with Crippen LogP contribution in [0.25, 0.3) is 0 Å². The van der Waals surface area contributed by atoms with Crippen LogP contribution in [0.2, 0.25) is 0 Å². The fourth-order valence-corrected chi connectivity index (χ4v) is 1.46. The summed E-state index contributed by atoms with van der Waals surface area (Å²) < 4.78 is 40.9. The molecule has 0 heterocycles. The Morgan fingerprint density at radius 3 is 2.61 bits per heavy atom. The molecule has 0 saturated carbocycles. The van der Waals surface area contributed by atoms with Crippen LogP contribution in [0, 0.1) is 6.92 Å². The summed E-state index contributed by atoms with van der Waals surface area (Å²) in [6, 6.07) is 4.56. The van der Waals surface area contributed by atoms with Crippen molar-refractivity contribution < 1.29 is 27.8 Å². The SMILES string of the molecule is Cc1cccc(C(=O)O)c1OCCCC(F)(F)F. The second kappa shape index (κ2) is 5.75. The molecule has 0 aliphatic rings. The maximum atomic E-state index is 11.9. The van der Waals surface area contributed by atoms with Crippen LogP contribution in [0.1, 0.15) is 28.8 Å². The fraction of sp³-hybridized carbons (Fsp3) is 0.417. The summed E-state index contributed by atoms with van der Waals surface area (Å²) in [5.41, 5.74) is 0.545. The number of ether oxygens (including phenoxy) is 1. The van der Waals surface area contributed by atoms with E-state index in [1.165, 1.54) is 6.07 Å². The standard InChI is InChI=1S/C12H13F3O3/c1-8-4-2-5-9(11(16)17)10(8)18-7-3-6-12(13,14)15/h2,4-5H,3,6-7H2,1H3,(H,16,17). The largest absolute Gasteiger partial charge is 0.492 e. The topological polar surface area (TPSA) is 46.5 Å². The van der Waals surface area contributed by atoms with Gasteiger partial charge in [-0.05, 0) is 25.0 Å². The van der Waals surface area contributed by atoms with Gasteiger partial charge in [0.05, 0.1) is 6.61 Å². The van der Waals surface area contributed by atoms with Gasteiger partial charge < -0.3 is 9.84 Å². The predicted octanol–water partition coefficient (Wildman–Crippen LogP) is 3.41. The molecule has 0 amide bonds. The zero-order valence-corrected chi connectivity index (χ0v) is 9.75. The van der Waals surface area contributed by atoms with Gasteiger partial charge in [-0.15, -0.1) is 0 Å². The Kier molecular flexibility index (Phi) is 4.58. The maximum absolute atomic E-state index is 11.9. The van der Waals surface area contributed by atoms with Crippen LogP contribution < -0.4 is 4.74 Å². The number of rotatable bonds is 5. The predicted molar refractivity (Wildman–Crippen MR) is 58.9 cm³/mol. The molecule has 0 aliphatic carbocycles. The van der Waals surface area contributed by atoms with E-state index < -0.39 is 18.6 Å². The van der Waals surface area contributed by atoms with Gasteiger partial charge in [-0.1, -0.05) is 12.1 Å². The summed E-state index contributed by atoms with van der Waals surface area (Å²) in [4.78, 5) is 10.9. The lowest BCUT2D eigenvalue weighted by Crippen LogP contribution is -2.11. The highest BCUT2D eigenvalue weighted by atomic mass is 19.4. The first kappa shape index (κ1) is 14.3. The van der Waals surface area contributed by atoms with Gasteiger partial charge in [0.25, 0.3) is 0 Å². The van der Waals surface area contributed by atoms with Crippen molar-refractivity contribution >= 4 is 5.97 Å². The Morgan fingerprint density at radius 1 is 1.39 bits per heavy atom. The van der Waals surface area contributed by atoms with E-state index in [4.69, 9.17) is 9.84 Å². The third-order valence-corrected chi connectivity index (χ3v) is 2.29. The first-order valence-corrected chi connectivity index (χ1v) is 5.34. The molecule has 0 unspecified atom stereocenters. The minimum atomic E-state index is -4.22. The first-order chi connectivity index (χ1) is 8.31. The molecule has 1 aromatic rings. The number of halogens is 3. The van der Waals surface area contributed by atoms with E-state index in [0.717, 1.165) is 0 Å². The summed E-state index contributed by atoms with van der Waals surface area (Å²) in [5.74, 6) is -1.03. The molecule has 18 heavy (non-hydrogen) atoms. The van der Waals surface area contributed by atoms with E-state index in [0.29, 0.717) is 5.56 Å². The van der Waals surface area contributed by atoms with E-state index >= 15 is 0 Å². The summed E-state index contributed by atoms with van der Waals surface area (Å²) >= 11 is 0. The molecular weight excluding hydrogens is 249 g/mol. The monoisotopic (exact) mass is 262 g/mol. The molecule has 0 aromatic heterocycles. The summed E-state index contributed by atoms with van der Waals surface area (Å²) in [7, 11) is 0. The molecule has 100 valence electrons. The lowest BCUT2D eigenvalue weighted by molar-refractivity contribution is -0.136. The van der Waals surface area contributed by atoms with Gasteiger partial charge in [0.1, 0.15) is 11.3 Å². The molecule has 3 nitrogen and oxygen atoms in total. The Bertz CT molecular complexity index is 427. The summed E-state index contributed by atoms with van der Waals surface area (Å²) in [6.07, 6.45) is -5.36. The highest BCUT2D eigenvalue weighted by molar-refractivity contribution is 5.91.